The lowest BCUT2D eigenvalue weighted by Crippen LogP contribution is -2.51. The summed E-state index contributed by atoms with van der Waals surface area (Å²) >= 11 is 0. The average molecular weight is 288 g/mol. The van der Waals surface area contributed by atoms with Gasteiger partial charge in [-0.25, -0.2) is 0 Å². The number of ketones is 1. The molecule has 1 N–H and O–H groups in total. The number of benzene rings is 1. The molecule has 1 fully saturated rings. The summed E-state index contributed by atoms with van der Waals surface area (Å²) in [5.41, 5.74) is 1.92. The first-order valence-corrected chi connectivity index (χ1v) is 7.73. The average Bonchev–Trinajstić information content (AvgIpc) is 2.52. The number of hydrogen-bond acceptors (Lipinski definition) is 3. The first kappa shape index (κ1) is 15.7. The highest BCUT2D eigenvalue weighted by Crippen LogP contribution is 2.10. The fourth-order valence-corrected chi connectivity index (χ4v) is 2.61. The molecule has 1 heterocycles. The lowest BCUT2D eigenvalue weighted by Gasteiger charge is -2.31. The number of amides is 1. The van der Waals surface area contributed by atoms with Gasteiger partial charge in [0.25, 0.3) is 0 Å². The van der Waals surface area contributed by atoms with Gasteiger partial charge in [0.05, 0.1) is 0 Å². The predicted octanol–water partition coefficient (Wildman–Crippen LogP) is 2.03. The molecular weight excluding hydrogens is 264 g/mol. The highest BCUT2D eigenvalue weighted by molar-refractivity contribution is 5.98. The Hall–Kier alpha value is -1.68. The summed E-state index contributed by atoms with van der Waals surface area (Å²) in [6.07, 6.45) is 1.57. The van der Waals surface area contributed by atoms with Crippen molar-refractivity contribution in [3.8, 4) is 0 Å². The van der Waals surface area contributed by atoms with Gasteiger partial charge in [0.1, 0.15) is 0 Å². The third-order valence-corrected chi connectivity index (χ3v) is 3.97. The summed E-state index contributed by atoms with van der Waals surface area (Å²) in [6, 6.07) is 8.01. The number of rotatable bonds is 5. The molecule has 21 heavy (non-hydrogen) atoms. The zero-order valence-electron chi connectivity index (χ0n) is 12.9. The predicted molar refractivity (Wildman–Crippen MR) is 83.4 cm³/mol. The number of Topliss-reactive ketones (excluding diaryl/α,β-unsaturated/α-hetero) is 1. The first-order valence-electron chi connectivity index (χ1n) is 7.73. The van der Waals surface area contributed by atoms with E-state index in [0.29, 0.717) is 24.4 Å². The van der Waals surface area contributed by atoms with Gasteiger partial charge in [-0.3, -0.25) is 9.59 Å². The standard InChI is InChI=1S/C17H24N2O2/c1-3-14-4-6-15(7-5-14)16(20)8-9-17(21)19-11-10-18-13(2)12-19/h4-7,13,18H,3,8-12H2,1-2H3. The molecule has 0 saturated carbocycles. The summed E-state index contributed by atoms with van der Waals surface area (Å²) < 4.78 is 0. The summed E-state index contributed by atoms with van der Waals surface area (Å²) in [4.78, 5) is 26.1. The van der Waals surface area contributed by atoms with Crippen molar-refractivity contribution in [3.63, 3.8) is 0 Å². The van der Waals surface area contributed by atoms with Crippen LogP contribution in [-0.4, -0.2) is 42.3 Å². The number of aryl methyl sites for hydroxylation is 1. The highest BCUT2D eigenvalue weighted by atomic mass is 16.2. The Morgan fingerprint density at radius 2 is 1.95 bits per heavy atom. The molecule has 1 aliphatic rings. The molecule has 0 spiro atoms. The van der Waals surface area contributed by atoms with Gasteiger partial charge in [-0.05, 0) is 18.9 Å². The van der Waals surface area contributed by atoms with Crippen molar-refractivity contribution in [1.29, 1.82) is 0 Å². The van der Waals surface area contributed by atoms with Gasteiger partial charge in [-0.1, -0.05) is 31.2 Å². The van der Waals surface area contributed by atoms with Gasteiger partial charge < -0.3 is 10.2 Å². The van der Waals surface area contributed by atoms with Crippen LogP contribution in [-0.2, 0) is 11.2 Å². The molecule has 114 valence electrons. The maximum atomic E-state index is 12.1. The Balaban J connectivity index is 1.83. The molecule has 0 aromatic heterocycles. The normalized spacial score (nSPS) is 18.6. The van der Waals surface area contributed by atoms with E-state index in [1.165, 1.54) is 5.56 Å². The maximum Gasteiger partial charge on any atom is 0.223 e. The van der Waals surface area contributed by atoms with Crippen LogP contribution < -0.4 is 5.32 Å². The molecule has 4 heteroatoms. The van der Waals surface area contributed by atoms with E-state index in [0.717, 1.165) is 26.1 Å². The van der Waals surface area contributed by atoms with E-state index in [1.54, 1.807) is 0 Å². The van der Waals surface area contributed by atoms with Gasteiger partial charge in [-0.15, -0.1) is 0 Å². The van der Waals surface area contributed by atoms with Crippen molar-refractivity contribution in [2.75, 3.05) is 19.6 Å². The van der Waals surface area contributed by atoms with E-state index in [1.807, 2.05) is 29.2 Å². The van der Waals surface area contributed by atoms with Gasteiger partial charge in [-0.2, -0.15) is 0 Å². The number of nitrogens with zero attached hydrogens (tertiary/aromatic N) is 1. The zero-order chi connectivity index (χ0) is 15.2. The van der Waals surface area contributed by atoms with Crippen molar-refractivity contribution in [3.05, 3.63) is 35.4 Å². The van der Waals surface area contributed by atoms with Crippen molar-refractivity contribution >= 4 is 11.7 Å². The largest absolute Gasteiger partial charge is 0.340 e. The number of piperazine rings is 1. The second-order valence-electron chi connectivity index (χ2n) is 5.67. The molecule has 2 rings (SSSR count). The van der Waals surface area contributed by atoms with Crippen LogP contribution >= 0.6 is 0 Å². The molecule has 1 aromatic rings. The molecule has 0 aliphatic carbocycles. The molecule has 1 saturated heterocycles. The number of carbonyl (C=O) groups is 2. The van der Waals surface area contributed by atoms with E-state index < -0.39 is 0 Å². The molecule has 0 bridgehead atoms. The summed E-state index contributed by atoms with van der Waals surface area (Å²) in [7, 11) is 0. The van der Waals surface area contributed by atoms with Crippen LogP contribution in [0.5, 0.6) is 0 Å². The quantitative estimate of drug-likeness (QED) is 0.844. The number of hydrogen-bond donors (Lipinski definition) is 1. The Morgan fingerprint density at radius 3 is 2.57 bits per heavy atom. The van der Waals surface area contributed by atoms with Gasteiger partial charge in [0, 0.05) is 44.1 Å². The minimum atomic E-state index is 0.0502. The Labute approximate surface area is 126 Å². The Morgan fingerprint density at radius 1 is 1.24 bits per heavy atom. The molecule has 1 unspecified atom stereocenters. The molecule has 1 aromatic carbocycles. The second-order valence-corrected chi connectivity index (χ2v) is 5.67. The minimum Gasteiger partial charge on any atom is -0.340 e. The fraction of sp³-hybridized carbons (Fsp3) is 0.529. The summed E-state index contributed by atoms with van der Waals surface area (Å²) in [5, 5.41) is 3.31. The lowest BCUT2D eigenvalue weighted by atomic mass is 10.0. The van der Waals surface area contributed by atoms with Crippen LogP contribution in [0, 0.1) is 0 Å². The third kappa shape index (κ3) is 4.39. The topological polar surface area (TPSA) is 49.4 Å². The SMILES string of the molecule is CCc1ccc(C(=O)CCC(=O)N2CCNC(C)C2)cc1. The monoisotopic (exact) mass is 288 g/mol. The van der Waals surface area contributed by atoms with E-state index in [2.05, 4.69) is 19.2 Å². The van der Waals surface area contributed by atoms with Gasteiger partial charge in [0.15, 0.2) is 5.78 Å². The molecule has 4 nitrogen and oxygen atoms in total. The first-order chi connectivity index (χ1) is 10.1. The summed E-state index contributed by atoms with van der Waals surface area (Å²) in [5.74, 6) is 0.135. The van der Waals surface area contributed by atoms with Gasteiger partial charge >= 0.3 is 0 Å². The third-order valence-electron chi connectivity index (χ3n) is 3.97. The Kier molecular flexibility index (Phi) is 5.51. The van der Waals surface area contributed by atoms with Crippen molar-refractivity contribution in [2.45, 2.75) is 39.2 Å². The lowest BCUT2D eigenvalue weighted by molar-refractivity contribution is -0.132. The minimum absolute atomic E-state index is 0.0502. The van der Waals surface area contributed by atoms with Crippen LogP contribution in [0.2, 0.25) is 0 Å². The van der Waals surface area contributed by atoms with Crippen LogP contribution in [0.4, 0.5) is 0 Å². The van der Waals surface area contributed by atoms with Crippen molar-refractivity contribution in [1.82, 2.24) is 10.2 Å². The molecule has 0 radical (unpaired) electrons. The van der Waals surface area contributed by atoms with Crippen LogP contribution in [0.1, 0.15) is 42.6 Å². The second kappa shape index (κ2) is 7.36. The fourth-order valence-electron chi connectivity index (χ4n) is 2.61. The van der Waals surface area contributed by atoms with Crippen LogP contribution in [0.15, 0.2) is 24.3 Å². The smallest absolute Gasteiger partial charge is 0.223 e. The number of carbonyl (C=O) groups excluding carboxylic acids is 2. The maximum absolute atomic E-state index is 12.1. The van der Waals surface area contributed by atoms with Gasteiger partial charge in [0.2, 0.25) is 5.91 Å². The van der Waals surface area contributed by atoms with E-state index in [9.17, 15) is 9.59 Å². The van der Waals surface area contributed by atoms with Crippen molar-refractivity contribution in [2.24, 2.45) is 0 Å². The zero-order valence-corrected chi connectivity index (χ0v) is 12.9. The number of nitrogens with one attached hydrogen (secondary N) is 1. The van der Waals surface area contributed by atoms with E-state index in [4.69, 9.17) is 0 Å². The van der Waals surface area contributed by atoms with Crippen molar-refractivity contribution < 1.29 is 9.59 Å². The van der Waals surface area contributed by atoms with E-state index in [-0.39, 0.29) is 11.7 Å². The summed E-state index contributed by atoms with van der Waals surface area (Å²) in [6.45, 7) is 6.46. The van der Waals surface area contributed by atoms with Crippen LogP contribution in [0.3, 0.4) is 0 Å². The highest BCUT2D eigenvalue weighted by Gasteiger charge is 2.20. The molecule has 1 amide bonds. The molecule has 1 atom stereocenters. The molecular formula is C17H24N2O2. The molecule has 1 aliphatic heterocycles. The van der Waals surface area contributed by atoms with Crippen LogP contribution in [0.25, 0.3) is 0 Å². The van der Waals surface area contributed by atoms with E-state index >= 15 is 0 Å². The Bertz CT molecular complexity index is 496.